The molecule has 0 saturated heterocycles. The average Bonchev–Trinajstić information content (AvgIpc) is 2.62. The van der Waals surface area contributed by atoms with E-state index in [0.29, 0.717) is 17.0 Å². The molecule has 3 aromatic rings. The Morgan fingerprint density at radius 2 is 1.96 bits per heavy atom. The molecule has 0 aliphatic heterocycles. The Morgan fingerprint density at radius 3 is 2.69 bits per heavy atom. The number of fused-ring (bicyclic) bond motifs is 1. The first-order valence-electron chi connectivity index (χ1n) is 8.44. The van der Waals surface area contributed by atoms with Crippen LogP contribution in [0.5, 0.6) is 0 Å². The molecule has 3 rings (SSSR count). The van der Waals surface area contributed by atoms with E-state index in [1.807, 2.05) is 44.2 Å². The zero-order valence-corrected chi connectivity index (χ0v) is 15.5. The predicted octanol–water partition coefficient (Wildman–Crippen LogP) is 3.49. The Bertz CT molecular complexity index is 998. The monoisotopic (exact) mass is 369 g/mol. The molecule has 0 atom stereocenters. The van der Waals surface area contributed by atoms with Crippen molar-refractivity contribution in [3.8, 4) is 0 Å². The summed E-state index contributed by atoms with van der Waals surface area (Å²) in [4.78, 5) is 27.1. The van der Waals surface area contributed by atoms with Gasteiger partial charge in [0.2, 0.25) is 5.91 Å². The third-order valence-corrected chi connectivity index (χ3v) is 4.47. The summed E-state index contributed by atoms with van der Waals surface area (Å²) in [6.45, 7) is 4.22. The highest BCUT2D eigenvalue weighted by Crippen LogP contribution is 2.15. The van der Waals surface area contributed by atoms with E-state index in [9.17, 15) is 9.59 Å². The molecule has 2 aromatic carbocycles. The Labute approximate surface area is 156 Å². The lowest BCUT2D eigenvalue weighted by Gasteiger charge is -2.27. The van der Waals surface area contributed by atoms with E-state index in [0.717, 1.165) is 10.9 Å². The third-order valence-electron chi connectivity index (χ3n) is 4.23. The minimum absolute atomic E-state index is 0.0161. The second-order valence-corrected chi connectivity index (χ2v) is 6.88. The normalized spacial score (nSPS) is 11.1. The van der Waals surface area contributed by atoms with Gasteiger partial charge in [0.15, 0.2) is 0 Å². The van der Waals surface area contributed by atoms with Crippen LogP contribution in [0, 0.1) is 0 Å². The smallest absolute Gasteiger partial charge is 0.275 e. The van der Waals surface area contributed by atoms with Crippen LogP contribution in [0.4, 0.5) is 0 Å². The molecular weight excluding hydrogens is 350 g/mol. The fourth-order valence-electron chi connectivity index (χ4n) is 2.85. The van der Waals surface area contributed by atoms with E-state index in [-0.39, 0.29) is 24.1 Å². The van der Waals surface area contributed by atoms with Crippen LogP contribution in [0.2, 0.25) is 5.02 Å². The second-order valence-electron chi connectivity index (χ2n) is 6.44. The van der Waals surface area contributed by atoms with Gasteiger partial charge in [0, 0.05) is 23.0 Å². The zero-order chi connectivity index (χ0) is 18.7. The topological polar surface area (TPSA) is 55.2 Å². The van der Waals surface area contributed by atoms with Crippen molar-refractivity contribution in [3.05, 3.63) is 75.7 Å². The molecule has 0 spiro atoms. The number of nitrogens with zero attached hydrogens (tertiary/aromatic N) is 3. The highest BCUT2D eigenvalue weighted by atomic mass is 35.5. The van der Waals surface area contributed by atoms with Crippen molar-refractivity contribution in [3.63, 3.8) is 0 Å². The van der Waals surface area contributed by atoms with Crippen LogP contribution in [0.3, 0.4) is 0 Å². The fourth-order valence-corrected chi connectivity index (χ4v) is 3.06. The van der Waals surface area contributed by atoms with Crippen molar-refractivity contribution in [2.75, 3.05) is 0 Å². The molecule has 134 valence electrons. The first-order valence-corrected chi connectivity index (χ1v) is 8.82. The Kier molecular flexibility index (Phi) is 5.38. The summed E-state index contributed by atoms with van der Waals surface area (Å²) in [5.74, 6) is -0.162. The van der Waals surface area contributed by atoms with Crippen molar-refractivity contribution in [2.24, 2.45) is 0 Å². The lowest BCUT2D eigenvalue weighted by molar-refractivity contribution is -0.134. The minimum Gasteiger partial charge on any atom is -0.334 e. The molecular formula is C20H20ClN3O2. The quantitative estimate of drug-likeness (QED) is 0.691. The van der Waals surface area contributed by atoms with Crippen LogP contribution >= 0.6 is 11.6 Å². The van der Waals surface area contributed by atoms with Crippen molar-refractivity contribution in [2.45, 2.75) is 33.0 Å². The number of carbonyl (C=O) groups excluding carboxylic acids is 1. The molecule has 6 heteroatoms. The number of hydrogen-bond donors (Lipinski definition) is 0. The summed E-state index contributed by atoms with van der Waals surface area (Å²) in [6.07, 6.45) is 1.61. The van der Waals surface area contributed by atoms with Gasteiger partial charge in [-0.1, -0.05) is 41.9 Å². The van der Waals surface area contributed by atoms with E-state index in [1.54, 1.807) is 29.3 Å². The summed E-state index contributed by atoms with van der Waals surface area (Å²) in [5.41, 5.74) is 0.682. The van der Waals surface area contributed by atoms with Gasteiger partial charge in [-0.2, -0.15) is 5.10 Å². The molecule has 0 unspecified atom stereocenters. The lowest BCUT2D eigenvalue weighted by atomic mass is 10.2. The molecule has 26 heavy (non-hydrogen) atoms. The van der Waals surface area contributed by atoms with Gasteiger partial charge in [-0.15, -0.1) is 0 Å². The van der Waals surface area contributed by atoms with Crippen LogP contribution in [-0.4, -0.2) is 26.6 Å². The molecule has 0 bridgehead atoms. The van der Waals surface area contributed by atoms with E-state index in [2.05, 4.69) is 5.10 Å². The molecule has 0 saturated carbocycles. The van der Waals surface area contributed by atoms with Gasteiger partial charge in [-0.25, -0.2) is 4.68 Å². The molecule has 0 aliphatic carbocycles. The van der Waals surface area contributed by atoms with Crippen LogP contribution in [0.1, 0.15) is 19.4 Å². The number of hydrogen-bond acceptors (Lipinski definition) is 3. The minimum atomic E-state index is -0.261. The molecule has 1 amide bonds. The van der Waals surface area contributed by atoms with Gasteiger partial charge in [-0.05, 0) is 37.6 Å². The first kappa shape index (κ1) is 18.1. The van der Waals surface area contributed by atoms with Crippen LogP contribution in [-0.2, 0) is 17.9 Å². The third kappa shape index (κ3) is 3.94. The van der Waals surface area contributed by atoms with Gasteiger partial charge in [0.1, 0.15) is 6.54 Å². The molecule has 0 aliphatic rings. The van der Waals surface area contributed by atoms with Gasteiger partial charge in [-0.3, -0.25) is 9.59 Å². The van der Waals surface area contributed by atoms with Crippen LogP contribution < -0.4 is 5.56 Å². The van der Waals surface area contributed by atoms with Crippen LogP contribution in [0.25, 0.3) is 10.8 Å². The van der Waals surface area contributed by atoms with Gasteiger partial charge in [0.05, 0.1) is 11.6 Å². The van der Waals surface area contributed by atoms with Crippen molar-refractivity contribution in [1.82, 2.24) is 14.7 Å². The number of benzene rings is 2. The second kappa shape index (κ2) is 7.70. The van der Waals surface area contributed by atoms with E-state index in [1.165, 1.54) is 4.68 Å². The Morgan fingerprint density at radius 1 is 1.19 bits per heavy atom. The van der Waals surface area contributed by atoms with Gasteiger partial charge < -0.3 is 4.90 Å². The number of amides is 1. The maximum absolute atomic E-state index is 12.8. The summed E-state index contributed by atoms with van der Waals surface area (Å²) in [6, 6.07) is 14.6. The van der Waals surface area contributed by atoms with Gasteiger partial charge in [0.25, 0.3) is 5.56 Å². The SMILES string of the molecule is CC(C)N(Cc1cccc(Cl)c1)C(=O)Cn1ncc2ccccc2c1=O. The molecule has 0 radical (unpaired) electrons. The highest BCUT2D eigenvalue weighted by molar-refractivity contribution is 6.30. The maximum Gasteiger partial charge on any atom is 0.275 e. The Balaban J connectivity index is 1.84. The summed E-state index contributed by atoms with van der Waals surface area (Å²) >= 11 is 6.03. The van der Waals surface area contributed by atoms with Gasteiger partial charge >= 0.3 is 0 Å². The summed E-state index contributed by atoms with van der Waals surface area (Å²) in [7, 11) is 0. The maximum atomic E-state index is 12.8. The molecule has 1 heterocycles. The van der Waals surface area contributed by atoms with Crippen LogP contribution in [0.15, 0.2) is 59.5 Å². The molecule has 5 nitrogen and oxygen atoms in total. The molecule has 0 N–H and O–H groups in total. The molecule has 0 fully saturated rings. The van der Waals surface area contributed by atoms with Crippen molar-refractivity contribution in [1.29, 1.82) is 0 Å². The average molecular weight is 370 g/mol. The van der Waals surface area contributed by atoms with E-state index in [4.69, 9.17) is 11.6 Å². The lowest BCUT2D eigenvalue weighted by Crippen LogP contribution is -2.40. The predicted molar refractivity (Wildman–Crippen MR) is 103 cm³/mol. The Hall–Kier alpha value is -2.66. The van der Waals surface area contributed by atoms with Crippen molar-refractivity contribution >= 4 is 28.3 Å². The molecule has 1 aromatic heterocycles. The number of halogens is 1. The van der Waals surface area contributed by atoms with Crippen molar-refractivity contribution < 1.29 is 4.79 Å². The fraction of sp³-hybridized carbons (Fsp3) is 0.250. The number of carbonyl (C=O) groups is 1. The largest absolute Gasteiger partial charge is 0.334 e. The first-order chi connectivity index (χ1) is 12.5. The summed E-state index contributed by atoms with van der Waals surface area (Å²) < 4.78 is 1.22. The highest BCUT2D eigenvalue weighted by Gasteiger charge is 2.19. The standard InChI is InChI=1S/C20H20ClN3O2/c1-14(2)23(12-15-6-5-8-17(21)10-15)19(25)13-24-20(26)18-9-4-3-7-16(18)11-22-24/h3-11,14H,12-13H2,1-2H3. The van der Waals surface area contributed by atoms with E-state index >= 15 is 0 Å². The summed E-state index contributed by atoms with van der Waals surface area (Å²) in [5, 5.41) is 6.10. The number of aromatic nitrogens is 2. The zero-order valence-electron chi connectivity index (χ0n) is 14.7. The van der Waals surface area contributed by atoms with E-state index < -0.39 is 0 Å². The number of rotatable bonds is 5.